The average Bonchev–Trinajstić information content (AvgIpc) is 3.20. The van der Waals surface area contributed by atoms with Gasteiger partial charge >= 0.3 is 0 Å². The Labute approximate surface area is 152 Å². The Hall–Kier alpha value is -3.09. The lowest BCUT2D eigenvalue weighted by atomic mass is 10.0. The molecule has 1 aromatic carbocycles. The van der Waals surface area contributed by atoms with Crippen molar-refractivity contribution in [1.82, 2.24) is 20.0 Å². The summed E-state index contributed by atoms with van der Waals surface area (Å²) in [6, 6.07) is 7.22. The van der Waals surface area contributed by atoms with Gasteiger partial charge in [-0.05, 0) is 31.5 Å². The van der Waals surface area contributed by atoms with Crippen molar-refractivity contribution < 1.29 is 14.1 Å². The van der Waals surface area contributed by atoms with Gasteiger partial charge in [0.05, 0.1) is 19.2 Å². The Morgan fingerprint density at radius 2 is 2.04 bits per heavy atom. The minimum Gasteiger partial charge on any atom is -0.497 e. The molecule has 26 heavy (non-hydrogen) atoms. The van der Waals surface area contributed by atoms with Crippen molar-refractivity contribution in [2.75, 3.05) is 7.11 Å². The Morgan fingerprint density at radius 3 is 2.58 bits per heavy atom. The standard InChI is InChI=1S/C19H22N4O3/c1-12-16(13(2)26-22-12)11-17(24)21-18(19-20-9-10-23(19)3)14-5-7-15(25-4)8-6-14/h5-10,18H,11H2,1-4H3,(H,21,24)/t18-/m0/s1. The summed E-state index contributed by atoms with van der Waals surface area (Å²) in [7, 11) is 3.52. The van der Waals surface area contributed by atoms with E-state index in [0.29, 0.717) is 5.76 Å². The third-order valence-corrected chi connectivity index (χ3v) is 4.39. The molecule has 1 N–H and O–H groups in total. The van der Waals surface area contributed by atoms with E-state index in [0.717, 1.165) is 28.4 Å². The lowest BCUT2D eigenvalue weighted by Crippen LogP contribution is -2.32. The van der Waals surface area contributed by atoms with Crippen LogP contribution in [-0.2, 0) is 18.3 Å². The molecule has 3 rings (SSSR count). The molecule has 1 amide bonds. The number of rotatable bonds is 6. The smallest absolute Gasteiger partial charge is 0.225 e. The Morgan fingerprint density at radius 1 is 1.31 bits per heavy atom. The van der Waals surface area contributed by atoms with Crippen molar-refractivity contribution in [3.05, 3.63) is 65.1 Å². The van der Waals surface area contributed by atoms with E-state index in [2.05, 4.69) is 15.5 Å². The Bertz CT molecular complexity index is 876. The van der Waals surface area contributed by atoms with Crippen molar-refractivity contribution in [1.29, 1.82) is 0 Å². The molecule has 7 nitrogen and oxygen atoms in total. The van der Waals surface area contributed by atoms with Crippen molar-refractivity contribution >= 4 is 5.91 Å². The lowest BCUT2D eigenvalue weighted by molar-refractivity contribution is -0.121. The Balaban J connectivity index is 1.86. The van der Waals surface area contributed by atoms with Crippen LogP contribution in [0.5, 0.6) is 5.75 Å². The molecule has 1 atom stereocenters. The second kappa shape index (κ2) is 7.43. The summed E-state index contributed by atoms with van der Waals surface area (Å²) in [4.78, 5) is 17.1. The maximum Gasteiger partial charge on any atom is 0.225 e. The Kier molecular flexibility index (Phi) is 5.06. The number of ether oxygens (including phenoxy) is 1. The zero-order valence-electron chi connectivity index (χ0n) is 15.3. The lowest BCUT2D eigenvalue weighted by Gasteiger charge is -2.19. The maximum atomic E-state index is 12.7. The van der Waals surface area contributed by atoms with E-state index in [4.69, 9.17) is 9.26 Å². The minimum atomic E-state index is -0.367. The third kappa shape index (κ3) is 3.61. The zero-order chi connectivity index (χ0) is 18.7. The maximum absolute atomic E-state index is 12.7. The van der Waals surface area contributed by atoms with Gasteiger partial charge in [-0.25, -0.2) is 4.98 Å². The van der Waals surface area contributed by atoms with Gasteiger partial charge in [0.2, 0.25) is 5.91 Å². The second-order valence-corrected chi connectivity index (χ2v) is 6.15. The number of imidazole rings is 1. The number of hydrogen-bond donors (Lipinski definition) is 1. The van der Waals surface area contributed by atoms with E-state index in [1.54, 1.807) is 13.3 Å². The molecule has 0 aliphatic rings. The number of nitrogens with zero attached hydrogens (tertiary/aromatic N) is 3. The van der Waals surface area contributed by atoms with Crippen LogP contribution >= 0.6 is 0 Å². The van der Waals surface area contributed by atoms with Crippen molar-refractivity contribution in [3.63, 3.8) is 0 Å². The predicted octanol–water partition coefficient (Wildman–Crippen LogP) is 2.48. The number of benzene rings is 1. The van der Waals surface area contributed by atoms with Crippen molar-refractivity contribution in [2.45, 2.75) is 26.3 Å². The highest BCUT2D eigenvalue weighted by Crippen LogP contribution is 2.23. The molecule has 0 bridgehead atoms. The molecular formula is C19H22N4O3. The quantitative estimate of drug-likeness (QED) is 0.735. The monoisotopic (exact) mass is 354 g/mol. The minimum absolute atomic E-state index is 0.122. The van der Waals surface area contributed by atoms with Crippen LogP contribution < -0.4 is 10.1 Å². The van der Waals surface area contributed by atoms with Gasteiger partial charge < -0.3 is 19.1 Å². The van der Waals surface area contributed by atoms with Gasteiger partial charge in [-0.15, -0.1) is 0 Å². The van der Waals surface area contributed by atoms with Gasteiger partial charge in [0.1, 0.15) is 23.4 Å². The van der Waals surface area contributed by atoms with Crippen LogP contribution in [-0.4, -0.2) is 27.7 Å². The fourth-order valence-electron chi connectivity index (χ4n) is 2.88. The first-order valence-corrected chi connectivity index (χ1v) is 8.32. The molecule has 0 radical (unpaired) electrons. The van der Waals surface area contributed by atoms with E-state index in [9.17, 15) is 4.79 Å². The van der Waals surface area contributed by atoms with Crippen LogP contribution in [0, 0.1) is 13.8 Å². The molecule has 0 saturated heterocycles. The highest BCUT2D eigenvalue weighted by Gasteiger charge is 2.22. The number of carbonyl (C=O) groups excluding carboxylic acids is 1. The largest absolute Gasteiger partial charge is 0.497 e. The molecule has 0 aliphatic heterocycles. The van der Waals surface area contributed by atoms with E-state index in [1.165, 1.54) is 0 Å². The molecule has 2 aromatic heterocycles. The highest BCUT2D eigenvalue weighted by atomic mass is 16.5. The molecular weight excluding hydrogens is 332 g/mol. The van der Waals surface area contributed by atoms with Crippen molar-refractivity contribution in [3.8, 4) is 5.75 Å². The van der Waals surface area contributed by atoms with Crippen LogP contribution in [0.25, 0.3) is 0 Å². The van der Waals surface area contributed by atoms with E-state index in [1.807, 2.05) is 55.9 Å². The number of aryl methyl sites for hydroxylation is 3. The summed E-state index contributed by atoms with van der Waals surface area (Å²) in [5.74, 6) is 2.05. The molecule has 0 aliphatic carbocycles. The fraction of sp³-hybridized carbons (Fsp3) is 0.316. The molecule has 0 unspecified atom stereocenters. The van der Waals surface area contributed by atoms with Crippen LogP contribution in [0.15, 0.2) is 41.2 Å². The number of carbonyl (C=O) groups is 1. The van der Waals surface area contributed by atoms with Crippen LogP contribution in [0.3, 0.4) is 0 Å². The SMILES string of the molecule is COc1ccc([C@H](NC(=O)Cc2c(C)noc2C)c2nccn2C)cc1. The topological polar surface area (TPSA) is 82.2 Å². The summed E-state index contributed by atoms with van der Waals surface area (Å²) in [6.45, 7) is 3.64. The molecule has 3 aromatic rings. The highest BCUT2D eigenvalue weighted by molar-refractivity contribution is 5.79. The summed E-state index contributed by atoms with van der Waals surface area (Å²) >= 11 is 0. The summed E-state index contributed by atoms with van der Waals surface area (Å²) in [5.41, 5.74) is 2.47. The van der Waals surface area contributed by atoms with Crippen molar-refractivity contribution in [2.24, 2.45) is 7.05 Å². The normalized spacial score (nSPS) is 12.0. The number of aromatic nitrogens is 3. The first kappa shape index (κ1) is 17.7. The number of amides is 1. The number of hydrogen-bond acceptors (Lipinski definition) is 5. The second-order valence-electron chi connectivity index (χ2n) is 6.15. The van der Waals surface area contributed by atoms with E-state index in [-0.39, 0.29) is 18.4 Å². The predicted molar refractivity (Wildman–Crippen MR) is 95.9 cm³/mol. The van der Waals surface area contributed by atoms with Crippen LogP contribution in [0.4, 0.5) is 0 Å². The van der Waals surface area contributed by atoms with E-state index >= 15 is 0 Å². The fourth-order valence-corrected chi connectivity index (χ4v) is 2.88. The van der Waals surface area contributed by atoms with Gasteiger partial charge in [0.25, 0.3) is 0 Å². The summed E-state index contributed by atoms with van der Waals surface area (Å²) < 4.78 is 12.3. The number of methoxy groups -OCH3 is 1. The van der Waals surface area contributed by atoms with Gasteiger partial charge in [0, 0.05) is 25.0 Å². The molecule has 136 valence electrons. The van der Waals surface area contributed by atoms with E-state index < -0.39 is 0 Å². The summed E-state index contributed by atoms with van der Waals surface area (Å²) in [6.07, 6.45) is 3.77. The van der Waals surface area contributed by atoms with Crippen LogP contribution in [0.2, 0.25) is 0 Å². The molecule has 0 saturated carbocycles. The molecule has 7 heteroatoms. The molecule has 0 spiro atoms. The molecule has 2 heterocycles. The van der Waals surface area contributed by atoms with Crippen LogP contribution in [0.1, 0.15) is 34.4 Å². The number of nitrogens with one attached hydrogen (secondary N) is 1. The van der Waals surface area contributed by atoms with Gasteiger partial charge in [-0.3, -0.25) is 4.79 Å². The van der Waals surface area contributed by atoms with Gasteiger partial charge in [-0.2, -0.15) is 0 Å². The first-order valence-electron chi connectivity index (χ1n) is 8.32. The summed E-state index contributed by atoms with van der Waals surface area (Å²) in [5, 5.41) is 6.98. The van der Waals surface area contributed by atoms with Gasteiger partial charge in [-0.1, -0.05) is 17.3 Å². The molecule has 0 fully saturated rings. The van der Waals surface area contributed by atoms with Gasteiger partial charge in [0.15, 0.2) is 0 Å². The first-order chi connectivity index (χ1) is 12.5. The average molecular weight is 354 g/mol. The third-order valence-electron chi connectivity index (χ3n) is 4.39. The zero-order valence-corrected chi connectivity index (χ0v) is 15.3.